The molecule has 3 aromatic rings. The van der Waals surface area contributed by atoms with Gasteiger partial charge < -0.3 is 10.6 Å². The molecule has 0 bridgehead atoms. The van der Waals surface area contributed by atoms with Crippen molar-refractivity contribution in [2.75, 3.05) is 23.7 Å². The van der Waals surface area contributed by atoms with Crippen molar-refractivity contribution in [3.8, 4) is 0 Å². The first kappa shape index (κ1) is 25.3. The summed E-state index contributed by atoms with van der Waals surface area (Å²) in [4.78, 5) is 16.1. The summed E-state index contributed by atoms with van der Waals surface area (Å²) in [7, 11) is -1.18. The monoisotopic (exact) mass is 544 g/mol. The third-order valence-electron chi connectivity index (χ3n) is 6.82. The molecule has 190 valence electrons. The molecule has 9 nitrogen and oxygen atoms in total. The molecule has 2 aliphatic rings. The van der Waals surface area contributed by atoms with E-state index in [2.05, 4.69) is 40.8 Å². The summed E-state index contributed by atoms with van der Waals surface area (Å²) in [5.41, 5.74) is 8.01. The molecule has 1 fully saturated rings. The van der Waals surface area contributed by atoms with Gasteiger partial charge in [-0.3, -0.25) is 4.98 Å². The van der Waals surface area contributed by atoms with E-state index in [4.69, 9.17) is 17.3 Å². The van der Waals surface area contributed by atoms with Crippen LogP contribution in [0.1, 0.15) is 50.9 Å². The number of halogens is 1. The molecule has 1 spiro atoms. The second-order valence-electron chi connectivity index (χ2n) is 10.2. The van der Waals surface area contributed by atoms with Gasteiger partial charge in [0.15, 0.2) is 0 Å². The topological polar surface area (TPSA) is 123 Å². The summed E-state index contributed by atoms with van der Waals surface area (Å²) in [6, 6.07) is 5.87. The van der Waals surface area contributed by atoms with Crippen LogP contribution in [0.25, 0.3) is 0 Å². The molecule has 1 aliphatic carbocycles. The molecule has 0 aromatic carbocycles. The number of hydrogen-bond acceptors (Lipinski definition) is 9. The highest BCUT2D eigenvalue weighted by Crippen LogP contribution is 2.52. The summed E-state index contributed by atoms with van der Waals surface area (Å²) < 4.78 is 16.2. The molecule has 36 heavy (non-hydrogen) atoms. The Morgan fingerprint density at radius 2 is 1.94 bits per heavy atom. The Morgan fingerprint density at radius 1 is 1.17 bits per heavy atom. The Labute approximate surface area is 222 Å². The summed E-state index contributed by atoms with van der Waals surface area (Å²) in [6.07, 6.45) is 7.86. The molecular formula is C24H29ClN8OS2. The SMILES string of the molecule is CC(C)(C)[S@@](=O)N[C@H]1c2cccnc2CC12CCN(c1ncc(Sc3ccnc(N)c3Cl)nn1)CC2. The second-order valence-corrected chi connectivity index (χ2v) is 13.6. The van der Waals surface area contributed by atoms with E-state index in [-0.39, 0.29) is 22.0 Å². The first-order chi connectivity index (χ1) is 17.2. The highest BCUT2D eigenvalue weighted by atomic mass is 35.5. The fourth-order valence-corrected chi connectivity index (χ4v) is 6.71. The maximum atomic E-state index is 13.1. The molecular weight excluding hydrogens is 516 g/mol. The molecule has 0 radical (unpaired) electrons. The Bertz CT molecular complexity index is 1280. The number of nitrogens with one attached hydrogen (secondary N) is 1. The van der Waals surface area contributed by atoms with Gasteiger partial charge in [0.2, 0.25) is 5.95 Å². The molecule has 4 heterocycles. The number of hydrogen-bond donors (Lipinski definition) is 2. The number of rotatable bonds is 5. The van der Waals surface area contributed by atoms with Gasteiger partial charge in [0.05, 0.1) is 33.0 Å². The van der Waals surface area contributed by atoms with E-state index in [0.29, 0.717) is 16.0 Å². The first-order valence-electron chi connectivity index (χ1n) is 11.8. The number of anilines is 2. The summed E-state index contributed by atoms with van der Waals surface area (Å²) in [6.45, 7) is 7.56. The molecule has 12 heteroatoms. The van der Waals surface area contributed by atoms with Crippen LogP contribution in [-0.2, 0) is 17.4 Å². The smallest absolute Gasteiger partial charge is 0.245 e. The molecule has 1 saturated heterocycles. The summed E-state index contributed by atoms with van der Waals surface area (Å²) in [5.74, 6) is 0.885. The molecule has 3 N–H and O–H groups in total. The molecule has 3 aromatic heterocycles. The predicted octanol–water partition coefficient (Wildman–Crippen LogP) is 3.98. The zero-order chi connectivity index (χ0) is 25.5. The summed E-state index contributed by atoms with van der Waals surface area (Å²) >= 11 is 7.59. The van der Waals surface area contributed by atoms with Crippen molar-refractivity contribution in [3.63, 3.8) is 0 Å². The van der Waals surface area contributed by atoms with Crippen LogP contribution < -0.4 is 15.4 Å². The Hall–Kier alpha value is -2.34. The van der Waals surface area contributed by atoms with Crippen molar-refractivity contribution in [2.24, 2.45) is 5.41 Å². The highest BCUT2D eigenvalue weighted by molar-refractivity contribution is 7.99. The molecule has 2 atom stereocenters. The number of fused-ring (bicyclic) bond motifs is 1. The third-order valence-corrected chi connectivity index (χ3v) is 9.84. The van der Waals surface area contributed by atoms with Gasteiger partial charge in [-0.15, -0.1) is 10.2 Å². The van der Waals surface area contributed by atoms with Crippen LogP contribution in [-0.4, -0.2) is 47.2 Å². The van der Waals surface area contributed by atoms with Gasteiger partial charge in [-0.2, -0.15) is 0 Å². The largest absolute Gasteiger partial charge is 0.382 e. The van der Waals surface area contributed by atoms with E-state index < -0.39 is 11.0 Å². The molecule has 1 aliphatic heterocycles. The lowest BCUT2D eigenvalue weighted by atomic mass is 9.73. The van der Waals surface area contributed by atoms with Gasteiger partial charge in [-0.1, -0.05) is 29.4 Å². The zero-order valence-electron chi connectivity index (χ0n) is 20.4. The van der Waals surface area contributed by atoms with Gasteiger partial charge in [0, 0.05) is 36.1 Å². The number of nitrogens with two attached hydrogens (primary N) is 1. The first-order valence-corrected chi connectivity index (χ1v) is 14.2. The maximum absolute atomic E-state index is 13.1. The standard InChI is InChI=1S/C24H29ClN8OS2/c1-23(2,3)36(34)32-20-15-5-4-9-27-16(15)13-24(20)7-11-33(12-8-24)22-29-14-18(30-31-22)35-17-6-10-28-21(26)19(17)25/h4-6,9-10,14,20,32H,7-8,11-13H2,1-3H3,(H2,26,28)/t20-,36+/m0/s1. The van der Waals surface area contributed by atoms with E-state index in [0.717, 1.165) is 42.9 Å². The minimum atomic E-state index is -1.18. The van der Waals surface area contributed by atoms with Crippen LogP contribution in [0.15, 0.2) is 46.7 Å². The van der Waals surface area contributed by atoms with E-state index in [1.807, 2.05) is 33.0 Å². The second kappa shape index (κ2) is 9.85. The fraction of sp³-hybridized carbons (Fsp3) is 0.458. The quantitative estimate of drug-likeness (QED) is 0.490. The Morgan fingerprint density at radius 3 is 2.64 bits per heavy atom. The Kier molecular flexibility index (Phi) is 6.92. The van der Waals surface area contributed by atoms with Crippen molar-refractivity contribution in [1.82, 2.24) is 29.9 Å². The molecule has 0 saturated carbocycles. The summed E-state index contributed by atoms with van der Waals surface area (Å²) in [5, 5.41) is 9.76. The van der Waals surface area contributed by atoms with E-state index >= 15 is 0 Å². The van der Waals surface area contributed by atoms with Crippen LogP contribution in [0.3, 0.4) is 0 Å². The van der Waals surface area contributed by atoms with Gasteiger partial charge in [-0.05, 0) is 63.1 Å². The predicted molar refractivity (Wildman–Crippen MR) is 143 cm³/mol. The minimum absolute atomic E-state index is 0.00113. The number of aromatic nitrogens is 5. The van der Waals surface area contributed by atoms with Crippen molar-refractivity contribution >= 4 is 46.1 Å². The molecule has 0 amide bonds. The zero-order valence-corrected chi connectivity index (χ0v) is 22.8. The number of nitrogens with zero attached hydrogens (tertiary/aromatic N) is 6. The van der Waals surface area contributed by atoms with Crippen molar-refractivity contribution < 1.29 is 4.21 Å². The van der Waals surface area contributed by atoms with E-state index in [1.54, 1.807) is 18.5 Å². The van der Waals surface area contributed by atoms with Crippen molar-refractivity contribution in [2.45, 2.75) is 60.7 Å². The van der Waals surface area contributed by atoms with Crippen LogP contribution in [0.4, 0.5) is 11.8 Å². The van der Waals surface area contributed by atoms with Crippen molar-refractivity contribution in [1.29, 1.82) is 0 Å². The lowest BCUT2D eigenvalue weighted by Gasteiger charge is -2.43. The maximum Gasteiger partial charge on any atom is 0.245 e. The average molecular weight is 545 g/mol. The molecule has 5 rings (SSSR count). The fourth-order valence-electron chi connectivity index (χ4n) is 4.80. The van der Waals surface area contributed by atoms with E-state index in [9.17, 15) is 4.21 Å². The third kappa shape index (κ3) is 4.93. The number of pyridine rings is 2. The van der Waals surface area contributed by atoms with Crippen LogP contribution >= 0.6 is 23.4 Å². The number of nitrogen functional groups attached to an aromatic ring is 1. The number of piperidine rings is 1. The van der Waals surface area contributed by atoms with Gasteiger partial charge in [0.25, 0.3) is 0 Å². The van der Waals surface area contributed by atoms with E-state index in [1.165, 1.54) is 17.3 Å². The average Bonchev–Trinajstić information content (AvgIpc) is 3.15. The lowest BCUT2D eigenvalue weighted by Crippen LogP contribution is -2.48. The van der Waals surface area contributed by atoms with Crippen molar-refractivity contribution in [3.05, 3.63) is 53.1 Å². The highest BCUT2D eigenvalue weighted by Gasteiger charge is 2.49. The molecule has 0 unspecified atom stereocenters. The minimum Gasteiger partial charge on any atom is -0.382 e. The normalized spacial score (nSPS) is 19.9. The van der Waals surface area contributed by atoms with Crippen LogP contribution in [0, 0.1) is 5.41 Å². The van der Waals surface area contributed by atoms with Gasteiger partial charge in [-0.25, -0.2) is 18.9 Å². The Balaban J connectivity index is 1.29. The van der Waals surface area contributed by atoms with Gasteiger partial charge in [0.1, 0.15) is 10.8 Å². The van der Waals surface area contributed by atoms with Crippen LogP contribution in [0.5, 0.6) is 0 Å². The van der Waals surface area contributed by atoms with Gasteiger partial charge >= 0.3 is 0 Å². The van der Waals surface area contributed by atoms with Crippen LogP contribution in [0.2, 0.25) is 5.02 Å². The lowest BCUT2D eigenvalue weighted by molar-refractivity contribution is 0.176.